The van der Waals surface area contributed by atoms with E-state index in [1.807, 2.05) is 0 Å². The van der Waals surface area contributed by atoms with E-state index in [0.717, 1.165) is 6.07 Å². The standard InChI is InChI=1S/C21H17FN2O3/c1-27-19-11-9-18(10-12-19)23-20(25)14-5-7-17(8-6-14)24-21(26)15-3-2-4-16(22)13-15/h2-13H,1H3,(H,23,25)(H,24,26). The number of hydrogen-bond acceptors (Lipinski definition) is 3. The molecule has 2 amide bonds. The SMILES string of the molecule is COc1ccc(NC(=O)c2ccc(NC(=O)c3cccc(F)c3)cc2)cc1. The first kappa shape index (κ1) is 18.1. The Labute approximate surface area is 155 Å². The minimum Gasteiger partial charge on any atom is -0.497 e. The van der Waals surface area contributed by atoms with Crippen molar-refractivity contribution in [2.45, 2.75) is 0 Å². The van der Waals surface area contributed by atoms with Crippen molar-refractivity contribution in [2.75, 3.05) is 17.7 Å². The lowest BCUT2D eigenvalue weighted by atomic mass is 10.1. The van der Waals surface area contributed by atoms with Crippen LogP contribution >= 0.6 is 0 Å². The highest BCUT2D eigenvalue weighted by atomic mass is 19.1. The number of methoxy groups -OCH3 is 1. The van der Waals surface area contributed by atoms with Crippen molar-refractivity contribution in [2.24, 2.45) is 0 Å². The fourth-order valence-electron chi connectivity index (χ4n) is 2.42. The van der Waals surface area contributed by atoms with Gasteiger partial charge in [0.05, 0.1) is 7.11 Å². The van der Waals surface area contributed by atoms with Gasteiger partial charge in [0, 0.05) is 22.5 Å². The minimum absolute atomic E-state index is 0.219. The van der Waals surface area contributed by atoms with E-state index in [1.54, 1.807) is 55.6 Å². The molecule has 27 heavy (non-hydrogen) atoms. The molecule has 5 nitrogen and oxygen atoms in total. The van der Waals surface area contributed by atoms with Crippen LogP contribution in [0.25, 0.3) is 0 Å². The summed E-state index contributed by atoms with van der Waals surface area (Å²) in [7, 11) is 1.57. The van der Waals surface area contributed by atoms with E-state index in [-0.39, 0.29) is 11.5 Å². The maximum atomic E-state index is 13.2. The number of ether oxygens (including phenoxy) is 1. The zero-order valence-corrected chi connectivity index (χ0v) is 14.5. The van der Waals surface area contributed by atoms with Gasteiger partial charge in [-0.3, -0.25) is 9.59 Å². The van der Waals surface area contributed by atoms with E-state index < -0.39 is 11.7 Å². The Morgan fingerprint density at radius 3 is 1.89 bits per heavy atom. The average Bonchev–Trinajstić information content (AvgIpc) is 2.69. The van der Waals surface area contributed by atoms with Gasteiger partial charge in [-0.25, -0.2) is 4.39 Å². The molecule has 3 aromatic rings. The molecule has 0 heterocycles. The van der Waals surface area contributed by atoms with E-state index in [0.29, 0.717) is 22.7 Å². The van der Waals surface area contributed by atoms with Crippen molar-refractivity contribution in [3.8, 4) is 5.75 Å². The van der Waals surface area contributed by atoms with Crippen molar-refractivity contribution in [3.05, 3.63) is 89.7 Å². The number of carbonyl (C=O) groups is 2. The van der Waals surface area contributed by atoms with Gasteiger partial charge < -0.3 is 15.4 Å². The number of benzene rings is 3. The highest BCUT2D eigenvalue weighted by Gasteiger charge is 2.09. The molecule has 0 aliphatic rings. The molecule has 0 atom stereocenters. The van der Waals surface area contributed by atoms with Crippen LogP contribution in [0.5, 0.6) is 5.75 Å². The molecule has 0 spiro atoms. The molecule has 2 N–H and O–H groups in total. The molecule has 3 aromatic carbocycles. The van der Waals surface area contributed by atoms with E-state index >= 15 is 0 Å². The van der Waals surface area contributed by atoms with Crippen LogP contribution in [0.3, 0.4) is 0 Å². The van der Waals surface area contributed by atoms with Crippen molar-refractivity contribution in [3.63, 3.8) is 0 Å². The molecule has 0 fully saturated rings. The van der Waals surface area contributed by atoms with Gasteiger partial charge in [-0.15, -0.1) is 0 Å². The Morgan fingerprint density at radius 1 is 0.778 bits per heavy atom. The van der Waals surface area contributed by atoms with E-state index in [1.165, 1.54) is 18.2 Å². The summed E-state index contributed by atoms with van der Waals surface area (Å²) in [6.07, 6.45) is 0. The zero-order valence-electron chi connectivity index (χ0n) is 14.5. The predicted octanol–water partition coefficient (Wildman–Crippen LogP) is 4.34. The molecular weight excluding hydrogens is 347 g/mol. The molecule has 136 valence electrons. The van der Waals surface area contributed by atoms with E-state index in [4.69, 9.17) is 4.74 Å². The molecule has 0 aromatic heterocycles. The number of hydrogen-bond donors (Lipinski definition) is 2. The quantitative estimate of drug-likeness (QED) is 0.708. The molecule has 0 bridgehead atoms. The molecule has 0 unspecified atom stereocenters. The molecule has 3 rings (SSSR count). The minimum atomic E-state index is -0.479. The molecule has 0 saturated carbocycles. The third-order valence-electron chi connectivity index (χ3n) is 3.84. The normalized spacial score (nSPS) is 10.1. The Kier molecular flexibility index (Phi) is 5.47. The van der Waals surface area contributed by atoms with Gasteiger partial charge in [-0.1, -0.05) is 6.07 Å². The smallest absolute Gasteiger partial charge is 0.255 e. The summed E-state index contributed by atoms with van der Waals surface area (Å²) in [6, 6.07) is 18.8. The van der Waals surface area contributed by atoms with Gasteiger partial charge in [0.15, 0.2) is 0 Å². The first-order valence-electron chi connectivity index (χ1n) is 8.17. The van der Waals surface area contributed by atoms with Gasteiger partial charge >= 0.3 is 0 Å². The Morgan fingerprint density at radius 2 is 1.33 bits per heavy atom. The lowest BCUT2D eigenvalue weighted by molar-refractivity contribution is 0.101. The first-order chi connectivity index (χ1) is 13.0. The molecule has 0 aliphatic carbocycles. The second-order valence-corrected chi connectivity index (χ2v) is 5.72. The van der Waals surface area contributed by atoms with E-state index in [2.05, 4.69) is 10.6 Å². The van der Waals surface area contributed by atoms with Crippen LogP contribution in [-0.2, 0) is 0 Å². The summed E-state index contributed by atoms with van der Waals surface area (Å²) >= 11 is 0. The van der Waals surface area contributed by atoms with Gasteiger partial charge in [-0.2, -0.15) is 0 Å². The molecule has 0 aliphatic heterocycles. The summed E-state index contributed by atoms with van der Waals surface area (Å²) in [4.78, 5) is 24.4. The molecular formula is C21H17FN2O3. The summed E-state index contributed by atoms with van der Waals surface area (Å²) in [5.74, 6) is -0.479. The van der Waals surface area contributed by atoms with E-state index in [9.17, 15) is 14.0 Å². The number of halogens is 1. The highest BCUT2D eigenvalue weighted by Crippen LogP contribution is 2.17. The van der Waals surface area contributed by atoms with Crippen molar-refractivity contribution in [1.82, 2.24) is 0 Å². The fourth-order valence-corrected chi connectivity index (χ4v) is 2.42. The average molecular weight is 364 g/mol. The summed E-state index contributed by atoms with van der Waals surface area (Å²) in [6.45, 7) is 0. The lowest BCUT2D eigenvalue weighted by Gasteiger charge is -2.08. The van der Waals surface area contributed by atoms with Crippen LogP contribution in [0.2, 0.25) is 0 Å². The zero-order chi connectivity index (χ0) is 19.2. The predicted molar refractivity (Wildman–Crippen MR) is 102 cm³/mol. The Bertz CT molecular complexity index is 954. The van der Waals surface area contributed by atoms with Gasteiger partial charge in [0.2, 0.25) is 0 Å². The number of rotatable bonds is 5. The highest BCUT2D eigenvalue weighted by molar-refractivity contribution is 6.06. The summed E-state index contributed by atoms with van der Waals surface area (Å²) < 4.78 is 18.3. The van der Waals surface area contributed by atoms with Gasteiger partial charge in [0.25, 0.3) is 11.8 Å². The monoisotopic (exact) mass is 364 g/mol. The third kappa shape index (κ3) is 4.70. The fraction of sp³-hybridized carbons (Fsp3) is 0.0476. The van der Waals surface area contributed by atoms with Crippen LogP contribution < -0.4 is 15.4 Å². The summed E-state index contributed by atoms with van der Waals surface area (Å²) in [5, 5.41) is 5.44. The number of nitrogens with one attached hydrogen (secondary N) is 2. The second kappa shape index (κ2) is 8.14. The van der Waals surface area contributed by atoms with Crippen LogP contribution in [0.4, 0.5) is 15.8 Å². The Hall–Kier alpha value is -3.67. The maximum Gasteiger partial charge on any atom is 0.255 e. The van der Waals surface area contributed by atoms with Gasteiger partial charge in [0.1, 0.15) is 11.6 Å². The molecule has 6 heteroatoms. The lowest BCUT2D eigenvalue weighted by Crippen LogP contribution is -2.13. The maximum absolute atomic E-state index is 13.2. The Balaban J connectivity index is 1.63. The second-order valence-electron chi connectivity index (χ2n) is 5.72. The van der Waals surface area contributed by atoms with Crippen LogP contribution in [0.15, 0.2) is 72.8 Å². The van der Waals surface area contributed by atoms with Crippen molar-refractivity contribution >= 4 is 23.2 Å². The van der Waals surface area contributed by atoms with Gasteiger partial charge in [-0.05, 0) is 66.7 Å². The van der Waals surface area contributed by atoms with Crippen LogP contribution in [0.1, 0.15) is 20.7 Å². The number of amides is 2. The van der Waals surface area contributed by atoms with Crippen molar-refractivity contribution in [1.29, 1.82) is 0 Å². The molecule has 0 radical (unpaired) electrons. The van der Waals surface area contributed by atoms with Crippen molar-refractivity contribution < 1.29 is 18.7 Å². The van der Waals surface area contributed by atoms with Crippen LogP contribution in [0, 0.1) is 5.82 Å². The largest absolute Gasteiger partial charge is 0.497 e. The van der Waals surface area contributed by atoms with Crippen LogP contribution in [-0.4, -0.2) is 18.9 Å². The number of anilines is 2. The topological polar surface area (TPSA) is 67.4 Å². The summed E-state index contributed by atoms with van der Waals surface area (Å²) in [5.41, 5.74) is 1.81. The molecule has 0 saturated heterocycles. The third-order valence-corrected chi connectivity index (χ3v) is 3.84. The first-order valence-corrected chi connectivity index (χ1v) is 8.17. The number of carbonyl (C=O) groups excluding carboxylic acids is 2.